The van der Waals surface area contributed by atoms with E-state index in [1.165, 1.54) is 13.2 Å². The number of phenols is 1. The van der Waals surface area contributed by atoms with Crippen molar-refractivity contribution in [3.63, 3.8) is 0 Å². The summed E-state index contributed by atoms with van der Waals surface area (Å²) in [4.78, 5) is 37.8. The second-order valence-electron chi connectivity index (χ2n) is 9.10. The third-order valence-corrected chi connectivity index (χ3v) is 6.33. The van der Waals surface area contributed by atoms with E-state index in [-0.39, 0.29) is 78.6 Å². The third-order valence-electron chi connectivity index (χ3n) is 6.33. The van der Waals surface area contributed by atoms with E-state index >= 15 is 0 Å². The number of hydrogen-bond acceptors (Lipinski definition) is 10. The van der Waals surface area contributed by atoms with Crippen LogP contribution in [0, 0.1) is 0 Å². The number of carbonyl (C=O) groups is 2. The number of benzene rings is 2. The summed E-state index contributed by atoms with van der Waals surface area (Å²) in [6.45, 7) is 14.3. The molecule has 0 aliphatic carbocycles. The molecule has 3 rings (SSSR count). The smallest absolute Gasteiger partial charge is 0.344 e. The SMILES string of the molecule is C=CCc1c(-c2cc(=O)c3c(O)c(CC=C)c(OCC(=O)OCC)c(CC=C)c3o2)ccc(OC)c1OCC(=O)OCC. The Morgan fingerprint density at radius 2 is 1.42 bits per heavy atom. The van der Waals surface area contributed by atoms with Crippen LogP contribution in [0.5, 0.6) is 23.0 Å². The number of rotatable bonds is 16. The van der Waals surface area contributed by atoms with Gasteiger partial charge in [-0.05, 0) is 45.2 Å². The lowest BCUT2D eigenvalue weighted by Crippen LogP contribution is -2.17. The fourth-order valence-corrected chi connectivity index (χ4v) is 4.62. The summed E-state index contributed by atoms with van der Waals surface area (Å²) in [6, 6.07) is 4.58. The van der Waals surface area contributed by atoms with Crippen molar-refractivity contribution in [2.45, 2.75) is 33.1 Å². The normalized spacial score (nSPS) is 10.6. The van der Waals surface area contributed by atoms with Crippen molar-refractivity contribution in [3.05, 3.63) is 83.1 Å². The fraction of sp³-hybridized carbons (Fsp3) is 0.303. The van der Waals surface area contributed by atoms with Crippen molar-refractivity contribution >= 4 is 22.9 Å². The molecule has 0 atom stereocenters. The van der Waals surface area contributed by atoms with Crippen LogP contribution in [-0.2, 0) is 38.3 Å². The minimum Gasteiger partial charge on any atom is -0.507 e. The molecule has 0 saturated carbocycles. The van der Waals surface area contributed by atoms with Gasteiger partial charge in [-0.3, -0.25) is 4.79 Å². The zero-order chi connectivity index (χ0) is 31.5. The van der Waals surface area contributed by atoms with Gasteiger partial charge in [-0.1, -0.05) is 18.2 Å². The molecule has 0 spiro atoms. The molecule has 0 unspecified atom stereocenters. The van der Waals surface area contributed by atoms with Crippen LogP contribution < -0.4 is 19.6 Å². The number of methoxy groups -OCH3 is 1. The zero-order valence-corrected chi connectivity index (χ0v) is 24.7. The lowest BCUT2D eigenvalue weighted by atomic mass is 9.96. The van der Waals surface area contributed by atoms with Gasteiger partial charge < -0.3 is 33.2 Å². The van der Waals surface area contributed by atoms with E-state index in [1.54, 1.807) is 44.2 Å². The largest absolute Gasteiger partial charge is 0.507 e. The van der Waals surface area contributed by atoms with E-state index in [4.69, 9.17) is 28.1 Å². The minimum absolute atomic E-state index is 0.0564. The molecule has 0 saturated heterocycles. The first-order chi connectivity index (χ1) is 20.8. The predicted molar refractivity (Wildman–Crippen MR) is 162 cm³/mol. The number of hydrogen-bond donors (Lipinski definition) is 1. The topological polar surface area (TPSA) is 131 Å². The van der Waals surface area contributed by atoms with Gasteiger partial charge in [0.2, 0.25) is 0 Å². The molecule has 0 fully saturated rings. The van der Waals surface area contributed by atoms with Crippen molar-refractivity contribution in [2.75, 3.05) is 33.5 Å². The molecule has 0 radical (unpaired) electrons. The first-order valence-electron chi connectivity index (χ1n) is 13.7. The van der Waals surface area contributed by atoms with Crippen molar-refractivity contribution in [1.82, 2.24) is 0 Å². The van der Waals surface area contributed by atoms with Gasteiger partial charge in [-0.15, -0.1) is 19.7 Å². The highest BCUT2D eigenvalue weighted by Gasteiger charge is 2.26. The molecule has 2 aromatic carbocycles. The quantitative estimate of drug-likeness (QED) is 0.174. The summed E-state index contributed by atoms with van der Waals surface area (Å²) < 4.78 is 33.5. The Bertz CT molecular complexity index is 1580. The molecule has 10 nitrogen and oxygen atoms in total. The van der Waals surface area contributed by atoms with Gasteiger partial charge in [0.25, 0.3) is 0 Å². The Hall–Kier alpha value is -4.99. The molecular formula is C33H36O10. The summed E-state index contributed by atoms with van der Waals surface area (Å²) in [5, 5.41) is 11.2. The van der Waals surface area contributed by atoms with Crippen LogP contribution in [0.25, 0.3) is 22.3 Å². The molecule has 0 aliphatic heterocycles. The predicted octanol–water partition coefficient (Wildman–Crippen LogP) is 5.24. The van der Waals surface area contributed by atoms with E-state index in [0.29, 0.717) is 22.4 Å². The monoisotopic (exact) mass is 592 g/mol. The van der Waals surface area contributed by atoms with Gasteiger partial charge in [0, 0.05) is 28.3 Å². The van der Waals surface area contributed by atoms with Crippen LogP contribution >= 0.6 is 0 Å². The number of carbonyl (C=O) groups excluding carboxylic acids is 2. The second-order valence-corrected chi connectivity index (χ2v) is 9.10. The van der Waals surface area contributed by atoms with Crippen molar-refractivity contribution in [1.29, 1.82) is 0 Å². The first kappa shape index (κ1) is 32.5. The lowest BCUT2D eigenvalue weighted by molar-refractivity contribution is -0.146. The highest BCUT2D eigenvalue weighted by molar-refractivity contribution is 5.92. The molecule has 1 N–H and O–H groups in total. The Balaban J connectivity index is 2.33. The molecule has 0 aliphatic rings. The standard InChI is InChI=1S/C33H36O10/c1-7-12-21-20(15-16-25(38-6)32(21)42-19-28(36)40-11-5)26-17-24(34)29-30(37)22(13-8-2)31(41-18-27(35)39-10-4)23(14-9-3)33(29)43-26/h7-9,15-17,37H,1-3,10-14,18-19H2,4-6H3. The van der Waals surface area contributed by atoms with Gasteiger partial charge in [0.15, 0.2) is 30.1 Å². The fourth-order valence-electron chi connectivity index (χ4n) is 4.62. The van der Waals surface area contributed by atoms with Crippen molar-refractivity contribution in [2.24, 2.45) is 0 Å². The van der Waals surface area contributed by atoms with Crippen LogP contribution in [0.3, 0.4) is 0 Å². The van der Waals surface area contributed by atoms with Crippen LogP contribution in [0.4, 0.5) is 0 Å². The van der Waals surface area contributed by atoms with E-state index < -0.39 is 24.0 Å². The van der Waals surface area contributed by atoms with Crippen LogP contribution in [-0.4, -0.2) is 50.6 Å². The average Bonchev–Trinajstić information content (AvgIpc) is 2.98. The summed E-state index contributed by atoms with van der Waals surface area (Å²) in [7, 11) is 1.46. The maximum absolute atomic E-state index is 13.6. The maximum Gasteiger partial charge on any atom is 0.344 e. The second kappa shape index (κ2) is 15.3. The summed E-state index contributed by atoms with van der Waals surface area (Å²) in [5.41, 5.74) is 1.22. The van der Waals surface area contributed by atoms with E-state index in [9.17, 15) is 19.5 Å². The van der Waals surface area contributed by atoms with Crippen LogP contribution in [0.1, 0.15) is 30.5 Å². The number of allylic oxidation sites excluding steroid dienone is 3. The van der Waals surface area contributed by atoms with Crippen molar-refractivity contribution < 1.29 is 42.8 Å². The summed E-state index contributed by atoms with van der Waals surface area (Å²) in [5.74, 6) is -0.595. The number of aromatic hydroxyl groups is 1. The van der Waals surface area contributed by atoms with Gasteiger partial charge in [-0.25, -0.2) is 9.59 Å². The van der Waals surface area contributed by atoms with Crippen LogP contribution in [0.15, 0.2) is 65.4 Å². The van der Waals surface area contributed by atoms with Gasteiger partial charge in [-0.2, -0.15) is 0 Å². The molecule has 1 aromatic heterocycles. The molecule has 0 amide bonds. The number of phenolic OH excluding ortho intramolecular Hbond substituents is 1. The van der Waals surface area contributed by atoms with Gasteiger partial charge in [0.05, 0.1) is 20.3 Å². The van der Waals surface area contributed by atoms with E-state index in [2.05, 4.69) is 19.7 Å². The Labute approximate surface area is 249 Å². The Kier molecular flexibility index (Phi) is 11.6. The molecule has 1 heterocycles. The Morgan fingerprint density at radius 3 is 1.98 bits per heavy atom. The maximum atomic E-state index is 13.6. The molecule has 3 aromatic rings. The number of ether oxygens (including phenoxy) is 5. The van der Waals surface area contributed by atoms with Gasteiger partial charge >= 0.3 is 11.9 Å². The minimum atomic E-state index is -0.603. The zero-order valence-electron chi connectivity index (χ0n) is 24.7. The third kappa shape index (κ3) is 7.27. The van der Waals surface area contributed by atoms with Crippen molar-refractivity contribution in [3.8, 4) is 34.3 Å². The van der Waals surface area contributed by atoms with E-state index in [1.807, 2.05) is 0 Å². The van der Waals surface area contributed by atoms with E-state index in [0.717, 1.165) is 0 Å². The molecule has 10 heteroatoms. The highest BCUT2D eigenvalue weighted by atomic mass is 16.6. The highest BCUT2D eigenvalue weighted by Crippen LogP contribution is 2.43. The summed E-state index contributed by atoms with van der Waals surface area (Å²) in [6.07, 6.45) is 5.36. The Morgan fingerprint density at radius 1 is 0.860 bits per heavy atom. The summed E-state index contributed by atoms with van der Waals surface area (Å²) >= 11 is 0. The lowest BCUT2D eigenvalue weighted by Gasteiger charge is -2.20. The van der Waals surface area contributed by atoms with Crippen LogP contribution in [0.2, 0.25) is 0 Å². The van der Waals surface area contributed by atoms with Gasteiger partial charge in [0.1, 0.15) is 28.2 Å². The number of esters is 2. The molecule has 0 bridgehead atoms. The molecular weight excluding hydrogens is 556 g/mol. The molecule has 228 valence electrons. The molecule has 43 heavy (non-hydrogen) atoms. The number of fused-ring (bicyclic) bond motifs is 1. The average molecular weight is 593 g/mol. The first-order valence-corrected chi connectivity index (χ1v) is 13.7.